The summed E-state index contributed by atoms with van der Waals surface area (Å²) in [6, 6.07) is 7.95. The molecule has 1 fully saturated rings. The molecule has 0 radical (unpaired) electrons. The topological polar surface area (TPSA) is 54.0 Å². The molecule has 3 rings (SSSR count). The number of rotatable bonds is 4. The molecule has 2 unspecified atom stereocenters. The molecule has 1 aliphatic rings. The van der Waals surface area contributed by atoms with Crippen molar-refractivity contribution in [3.05, 3.63) is 24.3 Å². The number of hydrogen-bond acceptors (Lipinski definition) is 4. The maximum atomic E-state index is 12.2. The lowest BCUT2D eigenvalue weighted by Crippen LogP contribution is -2.34. The third-order valence-corrected chi connectivity index (χ3v) is 5.14. The number of nitrogens with one attached hydrogen (secondary N) is 2. The van der Waals surface area contributed by atoms with Crippen molar-refractivity contribution in [1.82, 2.24) is 10.3 Å². The van der Waals surface area contributed by atoms with Crippen LogP contribution in [0, 0.1) is 11.8 Å². The van der Waals surface area contributed by atoms with Crippen molar-refractivity contribution in [2.75, 3.05) is 18.4 Å². The predicted molar refractivity (Wildman–Crippen MR) is 94.9 cm³/mol. The van der Waals surface area contributed by atoms with Crippen molar-refractivity contribution in [2.45, 2.75) is 26.2 Å². The summed E-state index contributed by atoms with van der Waals surface area (Å²) in [5.74, 6) is 1.10. The first-order chi connectivity index (χ1) is 10.2. The van der Waals surface area contributed by atoms with Gasteiger partial charge in [-0.05, 0) is 49.9 Å². The van der Waals surface area contributed by atoms with E-state index in [2.05, 4.69) is 22.5 Å². The number of amides is 1. The van der Waals surface area contributed by atoms with E-state index in [1.165, 1.54) is 24.2 Å². The molecule has 2 aromatic rings. The zero-order valence-electron chi connectivity index (χ0n) is 12.7. The molecule has 0 spiro atoms. The fourth-order valence-electron chi connectivity index (χ4n) is 2.92. The second-order valence-electron chi connectivity index (χ2n) is 5.82. The maximum Gasteiger partial charge on any atom is 0.226 e. The number of benzene rings is 1. The zero-order valence-corrected chi connectivity index (χ0v) is 14.3. The molecule has 1 aromatic carbocycles. The molecule has 0 saturated carbocycles. The molecular formula is C16H22ClN3OS. The van der Waals surface area contributed by atoms with Gasteiger partial charge in [-0.2, -0.15) is 0 Å². The number of halogens is 1. The van der Waals surface area contributed by atoms with Gasteiger partial charge in [-0.1, -0.05) is 30.4 Å². The summed E-state index contributed by atoms with van der Waals surface area (Å²) < 4.78 is 1.11. The first-order valence-electron chi connectivity index (χ1n) is 7.58. The Morgan fingerprint density at radius 1 is 1.50 bits per heavy atom. The van der Waals surface area contributed by atoms with Gasteiger partial charge in [0.1, 0.15) is 0 Å². The Morgan fingerprint density at radius 3 is 3.05 bits per heavy atom. The maximum absolute atomic E-state index is 12.2. The van der Waals surface area contributed by atoms with Gasteiger partial charge in [-0.3, -0.25) is 4.79 Å². The molecular weight excluding hydrogens is 318 g/mol. The van der Waals surface area contributed by atoms with Crippen molar-refractivity contribution < 1.29 is 4.79 Å². The second-order valence-corrected chi connectivity index (χ2v) is 6.85. The number of fused-ring (bicyclic) bond motifs is 1. The minimum atomic E-state index is 0. The number of carbonyl (C=O) groups is 1. The van der Waals surface area contributed by atoms with Crippen LogP contribution in [0.4, 0.5) is 5.13 Å². The summed E-state index contributed by atoms with van der Waals surface area (Å²) >= 11 is 1.53. The van der Waals surface area contributed by atoms with Crippen LogP contribution in [0.1, 0.15) is 26.2 Å². The average Bonchev–Trinajstić information content (AvgIpc) is 2.90. The molecule has 0 bridgehead atoms. The smallest absolute Gasteiger partial charge is 0.226 e. The van der Waals surface area contributed by atoms with Crippen LogP contribution in [-0.2, 0) is 4.79 Å². The third-order valence-electron chi connectivity index (χ3n) is 4.19. The minimum Gasteiger partial charge on any atom is -0.316 e. The fraction of sp³-hybridized carbons (Fsp3) is 0.500. The second kappa shape index (κ2) is 7.90. The lowest BCUT2D eigenvalue weighted by atomic mass is 9.85. The summed E-state index contributed by atoms with van der Waals surface area (Å²) in [4.78, 5) is 16.6. The monoisotopic (exact) mass is 339 g/mol. The number of carbonyl (C=O) groups excluding carboxylic acids is 1. The number of para-hydroxylation sites is 1. The van der Waals surface area contributed by atoms with Gasteiger partial charge in [-0.25, -0.2) is 4.98 Å². The standard InChI is InChI=1S/C16H21N3OS.ClH/c1-11(12-5-4-8-17-10-12)9-15(20)19-16-18-13-6-2-3-7-14(13)21-16;/h2-3,6-7,11-12,17H,4-5,8-10H2,1H3,(H,18,19,20);1H. The van der Waals surface area contributed by atoms with Crippen LogP contribution in [0.25, 0.3) is 10.2 Å². The van der Waals surface area contributed by atoms with Gasteiger partial charge < -0.3 is 10.6 Å². The Bertz CT molecular complexity index is 592. The summed E-state index contributed by atoms with van der Waals surface area (Å²) in [6.45, 7) is 4.33. The highest BCUT2D eigenvalue weighted by atomic mass is 35.5. The van der Waals surface area contributed by atoms with Crippen molar-refractivity contribution in [2.24, 2.45) is 11.8 Å². The highest BCUT2D eigenvalue weighted by Crippen LogP contribution is 2.27. The first kappa shape index (κ1) is 17.2. The van der Waals surface area contributed by atoms with Crippen LogP contribution < -0.4 is 10.6 Å². The number of nitrogens with zero attached hydrogens (tertiary/aromatic N) is 1. The molecule has 1 aromatic heterocycles. The van der Waals surface area contributed by atoms with Crippen LogP contribution in [-0.4, -0.2) is 24.0 Å². The Morgan fingerprint density at radius 2 is 2.32 bits per heavy atom. The Labute approximate surface area is 141 Å². The zero-order chi connectivity index (χ0) is 14.7. The first-order valence-corrected chi connectivity index (χ1v) is 8.40. The summed E-state index contributed by atoms with van der Waals surface area (Å²) in [7, 11) is 0. The van der Waals surface area contributed by atoms with Gasteiger partial charge in [0, 0.05) is 6.42 Å². The minimum absolute atomic E-state index is 0. The van der Waals surface area contributed by atoms with Gasteiger partial charge in [0.2, 0.25) is 5.91 Å². The molecule has 2 N–H and O–H groups in total. The number of thiazole rings is 1. The lowest BCUT2D eigenvalue weighted by molar-refractivity contribution is -0.117. The summed E-state index contributed by atoms with van der Waals surface area (Å²) in [5, 5.41) is 7.07. The van der Waals surface area contributed by atoms with Gasteiger partial charge in [-0.15, -0.1) is 12.4 Å². The van der Waals surface area contributed by atoms with Gasteiger partial charge >= 0.3 is 0 Å². The van der Waals surface area contributed by atoms with Crippen molar-refractivity contribution in [1.29, 1.82) is 0 Å². The molecule has 2 heterocycles. The van der Waals surface area contributed by atoms with Gasteiger partial charge in [0.15, 0.2) is 5.13 Å². The molecule has 22 heavy (non-hydrogen) atoms. The number of anilines is 1. The summed E-state index contributed by atoms with van der Waals surface area (Å²) in [6.07, 6.45) is 3.01. The van der Waals surface area contributed by atoms with E-state index in [9.17, 15) is 4.79 Å². The summed E-state index contributed by atoms with van der Waals surface area (Å²) in [5.41, 5.74) is 0.947. The van der Waals surface area contributed by atoms with E-state index in [1.54, 1.807) is 0 Å². The van der Waals surface area contributed by atoms with Crippen molar-refractivity contribution in [3.8, 4) is 0 Å². The number of piperidine rings is 1. The Kier molecular flexibility index (Phi) is 6.17. The molecule has 120 valence electrons. The van der Waals surface area contributed by atoms with E-state index in [0.717, 1.165) is 23.3 Å². The fourth-order valence-corrected chi connectivity index (χ4v) is 3.80. The SMILES string of the molecule is CC(CC(=O)Nc1nc2ccccc2s1)C1CCCNC1.Cl. The van der Waals surface area contributed by atoms with Crippen molar-refractivity contribution >= 4 is 45.0 Å². The molecule has 1 amide bonds. The van der Waals surface area contributed by atoms with Crippen molar-refractivity contribution in [3.63, 3.8) is 0 Å². The van der Waals surface area contributed by atoms with E-state index in [4.69, 9.17) is 0 Å². The Balaban J connectivity index is 0.00000176. The molecule has 1 aliphatic heterocycles. The average molecular weight is 340 g/mol. The van der Waals surface area contributed by atoms with E-state index in [0.29, 0.717) is 23.4 Å². The van der Waals surface area contributed by atoms with E-state index >= 15 is 0 Å². The molecule has 2 atom stereocenters. The van der Waals surface area contributed by atoms with Gasteiger partial charge in [0.25, 0.3) is 0 Å². The van der Waals surface area contributed by atoms with E-state index < -0.39 is 0 Å². The highest BCUT2D eigenvalue weighted by molar-refractivity contribution is 7.22. The molecule has 4 nitrogen and oxygen atoms in total. The van der Waals surface area contributed by atoms with Crippen LogP contribution >= 0.6 is 23.7 Å². The van der Waals surface area contributed by atoms with E-state index in [1.807, 2.05) is 24.3 Å². The van der Waals surface area contributed by atoms with Crippen LogP contribution in [0.3, 0.4) is 0 Å². The predicted octanol–water partition coefficient (Wildman–Crippen LogP) is 3.68. The molecule has 0 aliphatic carbocycles. The number of aromatic nitrogens is 1. The van der Waals surface area contributed by atoms with Gasteiger partial charge in [0.05, 0.1) is 10.2 Å². The lowest BCUT2D eigenvalue weighted by Gasteiger charge is -2.27. The molecule has 1 saturated heterocycles. The third kappa shape index (κ3) is 4.18. The van der Waals surface area contributed by atoms with Crippen LogP contribution in [0.15, 0.2) is 24.3 Å². The quantitative estimate of drug-likeness (QED) is 0.893. The normalized spacial score (nSPS) is 19.4. The Hall–Kier alpha value is -1.17. The van der Waals surface area contributed by atoms with E-state index in [-0.39, 0.29) is 18.3 Å². The largest absolute Gasteiger partial charge is 0.316 e. The van der Waals surface area contributed by atoms with Crippen LogP contribution in [0.5, 0.6) is 0 Å². The number of hydrogen-bond donors (Lipinski definition) is 2. The van der Waals surface area contributed by atoms with Crippen LogP contribution in [0.2, 0.25) is 0 Å². The molecule has 6 heteroatoms. The highest BCUT2D eigenvalue weighted by Gasteiger charge is 2.22.